The molecule has 0 amide bonds. The number of halogens is 1. The molecule has 0 nitrogen and oxygen atoms in total. The summed E-state index contributed by atoms with van der Waals surface area (Å²) in [5, 5.41) is 0. The van der Waals surface area contributed by atoms with Gasteiger partial charge in [-0.3, -0.25) is 0 Å². The van der Waals surface area contributed by atoms with Crippen LogP contribution in [0.5, 0.6) is 0 Å². The van der Waals surface area contributed by atoms with Gasteiger partial charge in [0.15, 0.2) is 0 Å². The molecular weight excluding hydrogens is 187 g/mol. The quantitative estimate of drug-likeness (QED) is 0.710. The van der Waals surface area contributed by atoms with E-state index in [-0.39, 0.29) is 5.82 Å². The van der Waals surface area contributed by atoms with Gasteiger partial charge in [-0.2, -0.15) is 0 Å². The first-order valence-electron chi connectivity index (χ1n) is 5.04. The number of aryl methyl sites for hydroxylation is 2. The van der Waals surface area contributed by atoms with Gasteiger partial charge in [-0.15, -0.1) is 0 Å². The molecular formula is C14H12F. The topological polar surface area (TPSA) is 0 Å². The molecule has 0 bridgehead atoms. The minimum atomic E-state index is -0.173. The Kier molecular flexibility index (Phi) is 3.13. The van der Waals surface area contributed by atoms with Crippen molar-refractivity contribution < 1.29 is 4.39 Å². The zero-order chi connectivity index (χ0) is 10.5. The average Bonchev–Trinajstić information content (AvgIpc) is 2.30. The second-order valence-corrected chi connectivity index (χ2v) is 3.53. The van der Waals surface area contributed by atoms with Gasteiger partial charge < -0.3 is 0 Å². The molecule has 0 unspecified atom stereocenters. The van der Waals surface area contributed by atoms with Crippen LogP contribution in [-0.4, -0.2) is 0 Å². The van der Waals surface area contributed by atoms with Crippen molar-refractivity contribution in [1.29, 1.82) is 0 Å². The number of hydrogen-bond acceptors (Lipinski definition) is 0. The molecule has 1 heteroatoms. The molecule has 0 aromatic heterocycles. The van der Waals surface area contributed by atoms with Crippen LogP contribution in [0.2, 0.25) is 0 Å². The lowest BCUT2D eigenvalue weighted by Crippen LogP contribution is -1.90. The van der Waals surface area contributed by atoms with Crippen molar-refractivity contribution in [3.8, 4) is 0 Å². The lowest BCUT2D eigenvalue weighted by atomic mass is 10.0. The maximum absolute atomic E-state index is 12.6. The van der Waals surface area contributed by atoms with Gasteiger partial charge in [-0.1, -0.05) is 36.4 Å². The first-order chi connectivity index (χ1) is 7.34. The fourth-order valence-corrected chi connectivity index (χ4v) is 1.53. The number of benzene rings is 2. The van der Waals surface area contributed by atoms with Crippen LogP contribution in [0.15, 0.2) is 48.5 Å². The summed E-state index contributed by atoms with van der Waals surface area (Å²) in [5.74, 6) is -0.173. The van der Waals surface area contributed by atoms with E-state index in [2.05, 4.69) is 18.2 Å². The summed E-state index contributed by atoms with van der Waals surface area (Å²) >= 11 is 0. The molecule has 0 N–H and O–H groups in total. The van der Waals surface area contributed by atoms with Crippen molar-refractivity contribution in [2.24, 2.45) is 0 Å². The maximum Gasteiger partial charge on any atom is 0.123 e. The Bertz CT molecular complexity index is 403. The number of rotatable bonds is 3. The van der Waals surface area contributed by atoms with Gasteiger partial charge in [0.25, 0.3) is 0 Å². The zero-order valence-electron chi connectivity index (χ0n) is 8.41. The molecule has 0 fully saturated rings. The van der Waals surface area contributed by atoms with Crippen LogP contribution in [0.3, 0.4) is 0 Å². The van der Waals surface area contributed by atoms with E-state index in [1.165, 1.54) is 23.3 Å². The van der Waals surface area contributed by atoms with Crippen molar-refractivity contribution >= 4 is 0 Å². The smallest absolute Gasteiger partial charge is 0.123 e. The summed E-state index contributed by atoms with van der Waals surface area (Å²) in [4.78, 5) is 0. The predicted octanol–water partition coefficient (Wildman–Crippen LogP) is 3.41. The fourth-order valence-electron chi connectivity index (χ4n) is 1.53. The van der Waals surface area contributed by atoms with Crippen LogP contribution in [0.1, 0.15) is 11.1 Å². The summed E-state index contributed by atoms with van der Waals surface area (Å²) in [6.45, 7) is 0. The van der Waals surface area contributed by atoms with E-state index in [1.54, 1.807) is 0 Å². The standard InChI is InChI=1S/C14H12F/c15-14-10-8-13(9-11-14)7-6-12-4-2-1-3-5-12/h2-5,8-11H,6-7H2. The summed E-state index contributed by atoms with van der Waals surface area (Å²) in [7, 11) is 0. The third-order valence-electron chi connectivity index (χ3n) is 2.40. The Hall–Kier alpha value is -1.63. The molecule has 0 heterocycles. The zero-order valence-corrected chi connectivity index (χ0v) is 8.41. The van der Waals surface area contributed by atoms with Crippen molar-refractivity contribution in [3.05, 3.63) is 71.5 Å². The molecule has 2 aromatic carbocycles. The van der Waals surface area contributed by atoms with Crippen molar-refractivity contribution in [3.63, 3.8) is 0 Å². The van der Waals surface area contributed by atoms with E-state index in [9.17, 15) is 4.39 Å². The average molecular weight is 199 g/mol. The monoisotopic (exact) mass is 199 g/mol. The molecule has 1 radical (unpaired) electrons. The van der Waals surface area contributed by atoms with E-state index < -0.39 is 0 Å². The Morgan fingerprint density at radius 1 is 0.800 bits per heavy atom. The SMILES string of the molecule is Fc1ccc(CCc2cc[c]cc2)cc1. The first-order valence-corrected chi connectivity index (χ1v) is 5.04. The highest BCUT2D eigenvalue weighted by atomic mass is 19.1. The molecule has 0 aliphatic rings. The van der Waals surface area contributed by atoms with Crippen LogP contribution < -0.4 is 0 Å². The van der Waals surface area contributed by atoms with Crippen LogP contribution in [0.25, 0.3) is 0 Å². The van der Waals surface area contributed by atoms with E-state index >= 15 is 0 Å². The lowest BCUT2D eigenvalue weighted by molar-refractivity contribution is 0.627. The molecule has 0 aliphatic carbocycles. The third-order valence-corrected chi connectivity index (χ3v) is 2.40. The Morgan fingerprint density at radius 3 is 1.93 bits per heavy atom. The minimum Gasteiger partial charge on any atom is -0.207 e. The van der Waals surface area contributed by atoms with Crippen molar-refractivity contribution in [2.75, 3.05) is 0 Å². The van der Waals surface area contributed by atoms with Crippen LogP contribution in [-0.2, 0) is 12.8 Å². The maximum atomic E-state index is 12.6. The molecule has 2 aromatic rings. The van der Waals surface area contributed by atoms with Crippen molar-refractivity contribution in [2.45, 2.75) is 12.8 Å². The Labute approximate surface area is 89.4 Å². The first kappa shape index (κ1) is 9.91. The highest BCUT2D eigenvalue weighted by Gasteiger charge is 1.95. The van der Waals surface area contributed by atoms with Gasteiger partial charge in [0.1, 0.15) is 5.82 Å². The highest BCUT2D eigenvalue weighted by Crippen LogP contribution is 2.07. The van der Waals surface area contributed by atoms with Gasteiger partial charge in [0.2, 0.25) is 0 Å². The molecule has 0 aliphatic heterocycles. The van der Waals surface area contributed by atoms with Gasteiger partial charge in [-0.25, -0.2) is 4.39 Å². The number of hydrogen-bond donors (Lipinski definition) is 0. The minimum absolute atomic E-state index is 0.173. The Balaban J connectivity index is 1.96. The van der Waals surface area contributed by atoms with Crippen molar-refractivity contribution in [1.82, 2.24) is 0 Å². The van der Waals surface area contributed by atoms with Gasteiger partial charge in [0, 0.05) is 0 Å². The summed E-state index contributed by atoms with van der Waals surface area (Å²) in [6.07, 6.45) is 1.94. The molecule has 15 heavy (non-hydrogen) atoms. The van der Waals surface area contributed by atoms with Gasteiger partial charge in [-0.05, 0) is 42.2 Å². The molecule has 0 spiro atoms. The third kappa shape index (κ3) is 2.91. The molecule has 2 rings (SSSR count). The lowest BCUT2D eigenvalue weighted by Gasteiger charge is -2.01. The highest BCUT2D eigenvalue weighted by molar-refractivity contribution is 5.20. The van der Waals surface area contributed by atoms with Crippen LogP contribution >= 0.6 is 0 Å². The van der Waals surface area contributed by atoms with E-state index in [0.29, 0.717) is 0 Å². The van der Waals surface area contributed by atoms with Gasteiger partial charge in [0.05, 0.1) is 0 Å². The predicted molar refractivity (Wildman–Crippen MR) is 59.1 cm³/mol. The molecule has 0 atom stereocenters. The fraction of sp³-hybridized carbons (Fsp3) is 0.143. The van der Waals surface area contributed by atoms with E-state index in [0.717, 1.165) is 12.8 Å². The summed E-state index contributed by atoms with van der Waals surface area (Å²) in [6, 6.07) is 17.6. The normalized spacial score (nSPS) is 10.2. The Morgan fingerprint density at radius 2 is 1.33 bits per heavy atom. The molecule has 0 saturated carbocycles. The second kappa shape index (κ2) is 4.74. The van der Waals surface area contributed by atoms with Crippen LogP contribution in [0.4, 0.5) is 4.39 Å². The second-order valence-electron chi connectivity index (χ2n) is 3.53. The summed E-state index contributed by atoms with van der Waals surface area (Å²) < 4.78 is 12.6. The van der Waals surface area contributed by atoms with E-state index in [1.807, 2.05) is 24.3 Å². The van der Waals surface area contributed by atoms with Gasteiger partial charge >= 0.3 is 0 Å². The van der Waals surface area contributed by atoms with Crippen LogP contribution in [0, 0.1) is 11.9 Å². The largest absolute Gasteiger partial charge is 0.207 e. The molecule has 0 saturated heterocycles. The van der Waals surface area contributed by atoms with E-state index in [4.69, 9.17) is 0 Å². The summed E-state index contributed by atoms with van der Waals surface area (Å²) in [5.41, 5.74) is 2.46. The molecule has 75 valence electrons.